The van der Waals surface area contributed by atoms with E-state index >= 15 is 0 Å². The molecule has 0 aliphatic rings. The molecule has 5 aromatic heterocycles. The molecule has 0 spiro atoms. The van der Waals surface area contributed by atoms with Gasteiger partial charge in [-0.05, 0) is 49.7 Å². The summed E-state index contributed by atoms with van der Waals surface area (Å²) in [6.07, 6.45) is 4.06. The van der Waals surface area contributed by atoms with Crippen LogP contribution in [0.15, 0.2) is 65.3 Å². The topological polar surface area (TPSA) is 116 Å². The van der Waals surface area contributed by atoms with E-state index in [9.17, 15) is 4.79 Å². The minimum absolute atomic E-state index is 0.267. The summed E-state index contributed by atoms with van der Waals surface area (Å²) in [4.78, 5) is 22.4. The number of benzene rings is 1. The van der Waals surface area contributed by atoms with E-state index in [-0.39, 0.29) is 5.91 Å². The molecule has 1 N–H and O–H groups in total. The Balaban J connectivity index is 1.33. The lowest BCUT2D eigenvalue weighted by atomic mass is 10.1. The maximum atomic E-state index is 13.4. The number of hydrogen-bond donors (Lipinski definition) is 1. The van der Waals surface area contributed by atoms with E-state index < -0.39 is 0 Å². The van der Waals surface area contributed by atoms with E-state index in [2.05, 4.69) is 32.4 Å². The van der Waals surface area contributed by atoms with E-state index in [0.717, 1.165) is 40.0 Å². The molecule has 0 fully saturated rings. The molecule has 5 heterocycles. The van der Waals surface area contributed by atoms with Gasteiger partial charge >= 0.3 is 0 Å². The average Bonchev–Trinajstić information content (AvgIpc) is 3.61. The van der Waals surface area contributed by atoms with E-state index in [4.69, 9.17) is 9.52 Å². The second-order valence-electron chi connectivity index (χ2n) is 8.80. The van der Waals surface area contributed by atoms with E-state index in [1.165, 1.54) is 0 Å². The SMILES string of the molecule is CCc1nn(Cc2cccc(C)n2)c2cccc(NC(=O)c3cnc4cc(-c5nnc(C)o5)ccn34)c12. The largest absolute Gasteiger partial charge is 0.421 e. The molecule has 10 heteroatoms. The summed E-state index contributed by atoms with van der Waals surface area (Å²) in [5.41, 5.74) is 6.20. The summed E-state index contributed by atoms with van der Waals surface area (Å²) >= 11 is 0. The summed E-state index contributed by atoms with van der Waals surface area (Å²) in [6.45, 7) is 6.32. The highest BCUT2D eigenvalue weighted by molar-refractivity contribution is 6.08. The molecule has 0 saturated heterocycles. The third-order valence-corrected chi connectivity index (χ3v) is 6.21. The Labute approximate surface area is 212 Å². The van der Waals surface area contributed by atoms with Crippen LogP contribution in [0.3, 0.4) is 0 Å². The number of amides is 1. The Morgan fingerprint density at radius 2 is 1.95 bits per heavy atom. The number of hydrogen-bond acceptors (Lipinski definition) is 7. The van der Waals surface area contributed by atoms with E-state index in [1.54, 1.807) is 23.7 Å². The van der Waals surface area contributed by atoms with Gasteiger partial charge in [-0.3, -0.25) is 18.9 Å². The zero-order chi connectivity index (χ0) is 25.5. The maximum absolute atomic E-state index is 13.4. The van der Waals surface area contributed by atoms with Crippen LogP contribution in [0.5, 0.6) is 0 Å². The van der Waals surface area contributed by atoms with Crippen LogP contribution in [-0.4, -0.2) is 40.3 Å². The van der Waals surface area contributed by atoms with Gasteiger partial charge in [-0.15, -0.1) is 10.2 Å². The first-order valence-electron chi connectivity index (χ1n) is 12.0. The van der Waals surface area contributed by atoms with Gasteiger partial charge < -0.3 is 9.73 Å². The van der Waals surface area contributed by atoms with Crippen LogP contribution in [0.4, 0.5) is 5.69 Å². The van der Waals surface area contributed by atoms with Crippen molar-refractivity contribution in [2.75, 3.05) is 5.32 Å². The van der Waals surface area contributed by atoms with Gasteiger partial charge in [0.05, 0.1) is 35.3 Å². The molecule has 1 amide bonds. The summed E-state index contributed by atoms with van der Waals surface area (Å²) in [7, 11) is 0. The minimum atomic E-state index is -0.267. The van der Waals surface area contributed by atoms with Crippen molar-refractivity contribution in [2.24, 2.45) is 0 Å². The molecular formula is C27H24N8O2. The minimum Gasteiger partial charge on any atom is -0.421 e. The van der Waals surface area contributed by atoms with Crippen molar-refractivity contribution in [3.05, 3.63) is 89.6 Å². The van der Waals surface area contributed by atoms with Crippen molar-refractivity contribution < 1.29 is 9.21 Å². The highest BCUT2D eigenvalue weighted by Crippen LogP contribution is 2.29. The number of aromatic nitrogens is 7. The molecule has 6 aromatic rings. The number of nitrogens with one attached hydrogen (secondary N) is 1. The predicted octanol–water partition coefficient (Wildman–Crippen LogP) is 4.61. The van der Waals surface area contributed by atoms with Crippen molar-refractivity contribution in [2.45, 2.75) is 33.7 Å². The monoisotopic (exact) mass is 492 g/mol. The van der Waals surface area contributed by atoms with Gasteiger partial charge in [0, 0.05) is 29.8 Å². The molecule has 1 aromatic carbocycles. The number of nitrogens with zero attached hydrogens (tertiary/aromatic N) is 7. The number of anilines is 1. The first kappa shape index (κ1) is 22.6. The fraction of sp³-hybridized carbons (Fsp3) is 0.185. The van der Waals surface area contributed by atoms with Crippen LogP contribution in [0.1, 0.15) is 40.4 Å². The van der Waals surface area contributed by atoms with Crippen LogP contribution in [0, 0.1) is 13.8 Å². The van der Waals surface area contributed by atoms with Gasteiger partial charge in [0.1, 0.15) is 11.3 Å². The molecular weight excluding hydrogens is 468 g/mol. The molecule has 184 valence electrons. The van der Waals surface area contributed by atoms with Crippen molar-refractivity contribution in [1.29, 1.82) is 0 Å². The zero-order valence-corrected chi connectivity index (χ0v) is 20.6. The summed E-state index contributed by atoms with van der Waals surface area (Å²) in [5.74, 6) is 0.625. The number of aryl methyl sites for hydroxylation is 3. The second-order valence-corrected chi connectivity index (χ2v) is 8.80. The number of pyridine rings is 2. The number of rotatable bonds is 6. The summed E-state index contributed by atoms with van der Waals surface area (Å²) in [6, 6.07) is 15.4. The molecule has 0 saturated carbocycles. The van der Waals surface area contributed by atoms with Crippen molar-refractivity contribution >= 4 is 28.1 Å². The fourth-order valence-corrected chi connectivity index (χ4v) is 4.50. The number of carbonyl (C=O) groups is 1. The lowest BCUT2D eigenvalue weighted by Crippen LogP contribution is -2.14. The highest BCUT2D eigenvalue weighted by Gasteiger charge is 2.19. The zero-order valence-electron chi connectivity index (χ0n) is 20.6. The first-order valence-corrected chi connectivity index (χ1v) is 12.0. The van der Waals surface area contributed by atoms with Gasteiger partial charge in [-0.2, -0.15) is 5.10 Å². The smallest absolute Gasteiger partial charge is 0.274 e. The Kier molecular flexibility index (Phi) is 5.48. The van der Waals surface area contributed by atoms with Gasteiger partial charge in [0.15, 0.2) is 0 Å². The van der Waals surface area contributed by atoms with Gasteiger partial charge in [0.2, 0.25) is 11.8 Å². The third kappa shape index (κ3) is 4.12. The number of imidazole rings is 1. The van der Waals surface area contributed by atoms with Gasteiger partial charge in [-0.25, -0.2) is 4.98 Å². The van der Waals surface area contributed by atoms with Crippen molar-refractivity contribution in [1.82, 2.24) is 34.3 Å². The van der Waals surface area contributed by atoms with Crippen LogP contribution in [-0.2, 0) is 13.0 Å². The predicted molar refractivity (Wildman–Crippen MR) is 138 cm³/mol. The van der Waals surface area contributed by atoms with Crippen LogP contribution in [0.2, 0.25) is 0 Å². The molecule has 0 bridgehead atoms. The number of carbonyl (C=O) groups excluding carboxylic acids is 1. The van der Waals surface area contributed by atoms with Gasteiger partial charge in [-0.1, -0.05) is 19.1 Å². The Bertz CT molecular complexity index is 1780. The van der Waals surface area contributed by atoms with Gasteiger partial charge in [0.25, 0.3) is 5.91 Å². The Morgan fingerprint density at radius 3 is 2.73 bits per heavy atom. The fourth-order valence-electron chi connectivity index (χ4n) is 4.50. The molecule has 0 radical (unpaired) electrons. The highest BCUT2D eigenvalue weighted by atomic mass is 16.4. The quantitative estimate of drug-likeness (QED) is 0.361. The normalized spacial score (nSPS) is 11.4. The summed E-state index contributed by atoms with van der Waals surface area (Å²) < 4.78 is 9.19. The van der Waals surface area contributed by atoms with Crippen LogP contribution in [0.25, 0.3) is 28.0 Å². The summed E-state index contributed by atoms with van der Waals surface area (Å²) in [5, 5.41) is 16.8. The molecule has 0 atom stereocenters. The lowest BCUT2D eigenvalue weighted by Gasteiger charge is -2.08. The molecule has 37 heavy (non-hydrogen) atoms. The molecule has 6 rings (SSSR count). The van der Waals surface area contributed by atoms with Crippen LogP contribution < -0.4 is 5.32 Å². The van der Waals surface area contributed by atoms with Crippen LogP contribution >= 0.6 is 0 Å². The standard InChI is InChI=1S/C27H24N8O2/c1-4-20-25-21(9-6-10-22(25)35(33-20)15-19-8-5-7-16(2)29-19)30-26(36)23-14-28-24-13-18(11-12-34(23)24)27-32-31-17(3)37-27/h5-14H,4,15H2,1-3H3,(H,30,36). The lowest BCUT2D eigenvalue weighted by molar-refractivity contribution is 0.102. The average molecular weight is 493 g/mol. The maximum Gasteiger partial charge on any atom is 0.274 e. The van der Waals surface area contributed by atoms with E-state index in [1.807, 2.05) is 60.1 Å². The van der Waals surface area contributed by atoms with Crippen molar-refractivity contribution in [3.8, 4) is 11.5 Å². The molecule has 10 nitrogen and oxygen atoms in total. The molecule has 0 unspecified atom stereocenters. The molecule has 0 aliphatic heterocycles. The Hall–Kier alpha value is -4.86. The first-order chi connectivity index (χ1) is 18.0. The number of fused-ring (bicyclic) bond motifs is 2. The third-order valence-electron chi connectivity index (χ3n) is 6.21. The second kappa shape index (κ2) is 8.98. The van der Waals surface area contributed by atoms with Crippen molar-refractivity contribution in [3.63, 3.8) is 0 Å². The Morgan fingerprint density at radius 1 is 1.08 bits per heavy atom. The van der Waals surface area contributed by atoms with E-state index in [0.29, 0.717) is 35.4 Å². The molecule has 0 aliphatic carbocycles.